The fourth-order valence-corrected chi connectivity index (χ4v) is 3.02. The first-order valence-electron chi connectivity index (χ1n) is 7.18. The molecule has 4 heteroatoms. The van der Waals surface area contributed by atoms with Crippen LogP contribution in [-0.2, 0) is 12.8 Å². The van der Waals surface area contributed by atoms with Gasteiger partial charge in [-0.25, -0.2) is 4.98 Å². The van der Waals surface area contributed by atoms with Crippen molar-refractivity contribution < 1.29 is 0 Å². The van der Waals surface area contributed by atoms with Gasteiger partial charge in [0.2, 0.25) is 0 Å². The molecule has 3 rings (SSSR count). The molecule has 2 aliphatic rings. The van der Waals surface area contributed by atoms with E-state index >= 15 is 0 Å². The molecule has 1 fully saturated rings. The number of nitrogens with zero attached hydrogens (tertiary/aromatic N) is 2. The van der Waals surface area contributed by atoms with Crippen molar-refractivity contribution in [1.29, 1.82) is 5.41 Å². The Kier molecular flexibility index (Phi) is 2.96. The number of pyridine rings is 1. The average molecular weight is 258 g/mol. The molecule has 0 saturated heterocycles. The molecular weight excluding hydrogens is 236 g/mol. The lowest BCUT2D eigenvalue weighted by molar-refractivity contribution is 0.603. The highest BCUT2D eigenvalue weighted by atomic mass is 15.2. The normalized spacial score (nSPS) is 19.1. The summed E-state index contributed by atoms with van der Waals surface area (Å²) in [6, 6.07) is 2.56. The summed E-state index contributed by atoms with van der Waals surface area (Å²) in [6.45, 7) is 2.25. The molecule has 0 spiro atoms. The molecule has 19 heavy (non-hydrogen) atoms. The Morgan fingerprint density at radius 3 is 2.84 bits per heavy atom. The Balaban J connectivity index is 2.00. The van der Waals surface area contributed by atoms with Crippen molar-refractivity contribution >= 4 is 11.7 Å². The minimum atomic E-state index is 0.132. The van der Waals surface area contributed by atoms with Crippen LogP contribution in [0.4, 0.5) is 5.82 Å². The van der Waals surface area contributed by atoms with Gasteiger partial charge in [0.05, 0.1) is 5.56 Å². The maximum Gasteiger partial charge on any atom is 0.139 e. The van der Waals surface area contributed by atoms with E-state index in [0.717, 1.165) is 30.1 Å². The van der Waals surface area contributed by atoms with Crippen LogP contribution in [0.25, 0.3) is 0 Å². The predicted molar refractivity (Wildman–Crippen MR) is 77.9 cm³/mol. The van der Waals surface area contributed by atoms with Crippen molar-refractivity contribution in [3.63, 3.8) is 0 Å². The SMILES string of the molecule is CC(C1CC1)N(C)c1nc2c(cc1C(=N)N)CCC2. The van der Waals surface area contributed by atoms with E-state index in [1.54, 1.807) is 0 Å². The number of fused-ring (bicyclic) bond motifs is 1. The van der Waals surface area contributed by atoms with Gasteiger partial charge in [0.15, 0.2) is 0 Å². The number of aromatic nitrogens is 1. The second-order valence-corrected chi connectivity index (χ2v) is 5.92. The maximum absolute atomic E-state index is 7.81. The van der Waals surface area contributed by atoms with Crippen molar-refractivity contribution in [2.45, 2.75) is 45.1 Å². The maximum atomic E-state index is 7.81. The standard InChI is InChI=1S/C15H22N4/c1-9(10-6-7-10)19(2)15-12(14(16)17)8-11-4-3-5-13(11)18-15/h8-10H,3-7H2,1-2H3,(H3,16,17). The third-order valence-corrected chi connectivity index (χ3v) is 4.57. The van der Waals surface area contributed by atoms with Gasteiger partial charge in [-0.05, 0) is 56.6 Å². The Hall–Kier alpha value is -1.58. The summed E-state index contributed by atoms with van der Waals surface area (Å²) in [6.07, 6.45) is 5.93. The lowest BCUT2D eigenvalue weighted by atomic mass is 10.1. The fraction of sp³-hybridized carbons (Fsp3) is 0.600. The average Bonchev–Trinajstić information content (AvgIpc) is 3.14. The molecular formula is C15H22N4. The van der Waals surface area contributed by atoms with E-state index in [4.69, 9.17) is 16.1 Å². The Morgan fingerprint density at radius 1 is 1.47 bits per heavy atom. The molecule has 1 aromatic heterocycles. The molecule has 1 heterocycles. The first-order valence-corrected chi connectivity index (χ1v) is 7.18. The number of rotatable bonds is 4. The molecule has 1 aromatic rings. The van der Waals surface area contributed by atoms with Crippen LogP contribution in [0.5, 0.6) is 0 Å². The zero-order valence-corrected chi connectivity index (χ0v) is 11.7. The van der Waals surface area contributed by atoms with Gasteiger partial charge in [0.1, 0.15) is 11.7 Å². The largest absolute Gasteiger partial charge is 0.384 e. The van der Waals surface area contributed by atoms with Gasteiger partial charge in [-0.1, -0.05) is 0 Å². The van der Waals surface area contributed by atoms with E-state index in [1.807, 2.05) is 0 Å². The quantitative estimate of drug-likeness (QED) is 0.642. The predicted octanol–water partition coefficient (Wildman–Crippen LogP) is 2.09. The fourth-order valence-electron chi connectivity index (χ4n) is 3.02. The van der Waals surface area contributed by atoms with Crippen LogP contribution < -0.4 is 10.6 Å². The Bertz CT molecular complexity index is 519. The van der Waals surface area contributed by atoms with Crippen molar-refractivity contribution in [1.82, 2.24) is 4.98 Å². The van der Waals surface area contributed by atoms with Gasteiger partial charge in [-0.15, -0.1) is 0 Å². The number of nitrogen functional groups attached to an aromatic ring is 1. The Morgan fingerprint density at radius 2 is 2.21 bits per heavy atom. The second-order valence-electron chi connectivity index (χ2n) is 5.92. The van der Waals surface area contributed by atoms with E-state index < -0.39 is 0 Å². The van der Waals surface area contributed by atoms with Crippen molar-refractivity contribution in [3.8, 4) is 0 Å². The third kappa shape index (κ3) is 2.20. The molecule has 1 atom stereocenters. The number of nitrogens with two attached hydrogens (primary N) is 1. The summed E-state index contributed by atoms with van der Waals surface area (Å²) in [4.78, 5) is 7.03. The van der Waals surface area contributed by atoms with Crippen molar-refractivity contribution in [2.24, 2.45) is 11.7 Å². The zero-order valence-electron chi connectivity index (χ0n) is 11.7. The molecule has 1 saturated carbocycles. The van der Waals surface area contributed by atoms with Gasteiger partial charge in [-0.2, -0.15) is 0 Å². The van der Waals surface area contributed by atoms with E-state index in [2.05, 4.69) is 24.9 Å². The molecule has 102 valence electrons. The van der Waals surface area contributed by atoms with Gasteiger partial charge >= 0.3 is 0 Å². The summed E-state index contributed by atoms with van der Waals surface area (Å²) in [5.41, 5.74) is 9.04. The number of amidine groups is 1. The number of hydrogen-bond donors (Lipinski definition) is 2. The summed E-state index contributed by atoms with van der Waals surface area (Å²) in [5, 5.41) is 7.81. The van der Waals surface area contributed by atoms with Crippen LogP contribution in [0.2, 0.25) is 0 Å². The van der Waals surface area contributed by atoms with Crippen LogP contribution in [0.3, 0.4) is 0 Å². The highest BCUT2D eigenvalue weighted by Gasteiger charge is 2.32. The molecule has 0 radical (unpaired) electrons. The molecule has 4 nitrogen and oxygen atoms in total. The van der Waals surface area contributed by atoms with Crippen molar-refractivity contribution in [2.75, 3.05) is 11.9 Å². The highest BCUT2D eigenvalue weighted by Crippen LogP contribution is 2.37. The van der Waals surface area contributed by atoms with Crippen LogP contribution in [0.1, 0.15) is 43.0 Å². The van der Waals surface area contributed by atoms with Crippen LogP contribution in [0, 0.1) is 11.3 Å². The molecule has 0 aromatic carbocycles. The van der Waals surface area contributed by atoms with Gasteiger partial charge in [0, 0.05) is 18.8 Å². The van der Waals surface area contributed by atoms with E-state index in [1.165, 1.54) is 30.5 Å². The monoisotopic (exact) mass is 258 g/mol. The molecule has 0 bridgehead atoms. The molecule has 0 amide bonds. The third-order valence-electron chi connectivity index (χ3n) is 4.57. The summed E-state index contributed by atoms with van der Waals surface area (Å²) in [7, 11) is 2.08. The number of hydrogen-bond acceptors (Lipinski definition) is 3. The van der Waals surface area contributed by atoms with Gasteiger partial charge in [0.25, 0.3) is 0 Å². The second kappa shape index (κ2) is 4.51. The van der Waals surface area contributed by atoms with Crippen molar-refractivity contribution in [3.05, 3.63) is 22.9 Å². The smallest absolute Gasteiger partial charge is 0.139 e. The van der Waals surface area contributed by atoms with Gasteiger partial charge in [-0.3, -0.25) is 5.41 Å². The highest BCUT2D eigenvalue weighted by molar-refractivity contribution is 6.00. The summed E-state index contributed by atoms with van der Waals surface area (Å²) in [5.74, 6) is 1.81. The van der Waals surface area contributed by atoms with Crippen LogP contribution in [0.15, 0.2) is 6.07 Å². The summed E-state index contributed by atoms with van der Waals surface area (Å²) < 4.78 is 0. The van der Waals surface area contributed by atoms with Gasteiger partial charge < -0.3 is 10.6 Å². The molecule has 2 aliphatic carbocycles. The van der Waals surface area contributed by atoms with Crippen LogP contribution >= 0.6 is 0 Å². The molecule has 0 aliphatic heterocycles. The molecule has 3 N–H and O–H groups in total. The molecule has 1 unspecified atom stereocenters. The minimum Gasteiger partial charge on any atom is -0.384 e. The Labute approximate surface area is 114 Å². The topological polar surface area (TPSA) is 66.0 Å². The first-order chi connectivity index (χ1) is 9.08. The minimum absolute atomic E-state index is 0.132. The lowest BCUT2D eigenvalue weighted by Crippen LogP contribution is -2.33. The zero-order chi connectivity index (χ0) is 13.6. The summed E-state index contributed by atoms with van der Waals surface area (Å²) >= 11 is 0. The number of aryl methyl sites for hydroxylation is 2. The number of anilines is 1. The number of nitrogens with one attached hydrogen (secondary N) is 1. The van der Waals surface area contributed by atoms with E-state index in [0.29, 0.717) is 6.04 Å². The van der Waals surface area contributed by atoms with E-state index in [9.17, 15) is 0 Å². The first kappa shape index (κ1) is 12.5. The van der Waals surface area contributed by atoms with Crippen LogP contribution in [-0.4, -0.2) is 23.9 Å². The van der Waals surface area contributed by atoms with E-state index in [-0.39, 0.29) is 5.84 Å². The lowest BCUT2D eigenvalue weighted by Gasteiger charge is -2.28.